The number of nitrogens with two attached hydrogens (primary N) is 2. The lowest BCUT2D eigenvalue weighted by molar-refractivity contribution is -0.143. The van der Waals surface area contributed by atoms with E-state index < -0.39 is 47.9 Å². The predicted octanol–water partition coefficient (Wildman–Crippen LogP) is 1.02. The smallest absolute Gasteiger partial charge is 0.326 e. The standard InChI is InChI=1S/C27H45N5O6/c1-5-17(4)23(26(36)30-21(27(37)38)8-6-7-13-28)32-25(35)22(14-16(2)3)31-24(34)20(29)15-18-9-11-19(33)12-10-18/h9-12,16-17,20-23,33H,5-8,13-15,28-29H2,1-4H3,(H,30,36)(H,31,34)(H,32,35)(H,37,38). The van der Waals surface area contributed by atoms with Gasteiger partial charge in [-0.15, -0.1) is 0 Å². The van der Waals surface area contributed by atoms with Crippen LogP contribution < -0.4 is 27.4 Å². The zero-order chi connectivity index (χ0) is 28.8. The summed E-state index contributed by atoms with van der Waals surface area (Å²) >= 11 is 0. The molecule has 9 N–H and O–H groups in total. The van der Waals surface area contributed by atoms with Crippen molar-refractivity contribution in [3.05, 3.63) is 29.8 Å². The Bertz CT molecular complexity index is 908. The molecular weight excluding hydrogens is 490 g/mol. The van der Waals surface area contributed by atoms with Crippen molar-refractivity contribution in [3.63, 3.8) is 0 Å². The third-order valence-corrected chi connectivity index (χ3v) is 6.42. The monoisotopic (exact) mass is 535 g/mol. The highest BCUT2D eigenvalue weighted by Gasteiger charge is 2.33. The Kier molecular flexibility index (Phi) is 14.4. The number of aliphatic carboxylic acids is 1. The number of nitrogens with one attached hydrogen (secondary N) is 3. The average Bonchev–Trinajstić information content (AvgIpc) is 2.86. The molecule has 11 heteroatoms. The molecule has 0 aliphatic carbocycles. The molecular formula is C27H45N5O6. The lowest BCUT2D eigenvalue weighted by Gasteiger charge is -2.28. The first-order valence-corrected chi connectivity index (χ1v) is 13.3. The number of hydrogen-bond acceptors (Lipinski definition) is 7. The number of carbonyl (C=O) groups is 4. The number of benzene rings is 1. The van der Waals surface area contributed by atoms with Gasteiger partial charge in [0.05, 0.1) is 6.04 Å². The van der Waals surface area contributed by atoms with Gasteiger partial charge >= 0.3 is 5.97 Å². The molecule has 1 aromatic rings. The number of carboxylic acids is 1. The highest BCUT2D eigenvalue weighted by molar-refractivity contribution is 5.94. The fraction of sp³-hybridized carbons (Fsp3) is 0.630. The summed E-state index contributed by atoms with van der Waals surface area (Å²) in [6.07, 6.45) is 2.49. The number of phenols is 1. The maximum Gasteiger partial charge on any atom is 0.326 e. The van der Waals surface area contributed by atoms with Gasteiger partial charge in [-0.1, -0.05) is 46.2 Å². The van der Waals surface area contributed by atoms with Crippen LogP contribution >= 0.6 is 0 Å². The molecule has 0 aromatic heterocycles. The molecule has 1 rings (SSSR count). The van der Waals surface area contributed by atoms with E-state index >= 15 is 0 Å². The van der Waals surface area contributed by atoms with Crippen LogP contribution in [0.4, 0.5) is 0 Å². The van der Waals surface area contributed by atoms with Gasteiger partial charge in [-0.3, -0.25) is 14.4 Å². The molecule has 0 saturated carbocycles. The summed E-state index contributed by atoms with van der Waals surface area (Å²) < 4.78 is 0. The Morgan fingerprint density at radius 1 is 0.895 bits per heavy atom. The van der Waals surface area contributed by atoms with E-state index in [1.54, 1.807) is 19.1 Å². The van der Waals surface area contributed by atoms with Gasteiger partial charge in [-0.25, -0.2) is 4.79 Å². The largest absolute Gasteiger partial charge is 0.508 e. The maximum absolute atomic E-state index is 13.3. The van der Waals surface area contributed by atoms with Crippen molar-refractivity contribution in [2.45, 2.75) is 90.4 Å². The van der Waals surface area contributed by atoms with Crippen molar-refractivity contribution in [3.8, 4) is 5.75 Å². The van der Waals surface area contributed by atoms with E-state index in [1.165, 1.54) is 12.1 Å². The first-order chi connectivity index (χ1) is 17.9. The first kappa shape index (κ1) is 32.8. The minimum absolute atomic E-state index is 0.0502. The number of unbranched alkanes of at least 4 members (excludes halogenated alkanes) is 1. The Balaban J connectivity index is 2.96. The maximum atomic E-state index is 13.3. The van der Waals surface area contributed by atoms with Gasteiger partial charge in [0.1, 0.15) is 23.9 Å². The zero-order valence-corrected chi connectivity index (χ0v) is 22.9. The van der Waals surface area contributed by atoms with Gasteiger partial charge in [0.25, 0.3) is 0 Å². The minimum atomic E-state index is -1.16. The molecule has 0 spiro atoms. The quantitative estimate of drug-likeness (QED) is 0.143. The van der Waals surface area contributed by atoms with E-state index in [0.717, 1.165) is 5.56 Å². The van der Waals surface area contributed by atoms with Crippen LogP contribution in [0, 0.1) is 11.8 Å². The second-order valence-electron chi connectivity index (χ2n) is 10.2. The molecule has 0 bridgehead atoms. The van der Waals surface area contributed by atoms with Crippen molar-refractivity contribution in [2.75, 3.05) is 6.54 Å². The molecule has 0 aliphatic heterocycles. The summed E-state index contributed by atoms with van der Waals surface area (Å²) in [5.41, 5.74) is 12.3. The molecule has 0 saturated heterocycles. The molecule has 1 aromatic carbocycles. The number of amides is 3. The SMILES string of the molecule is CCC(C)C(NC(=O)C(CC(C)C)NC(=O)C(N)Cc1ccc(O)cc1)C(=O)NC(CCCCN)C(=O)O. The molecule has 0 heterocycles. The summed E-state index contributed by atoms with van der Waals surface area (Å²) in [4.78, 5) is 50.9. The molecule has 5 atom stereocenters. The number of hydrogen-bond donors (Lipinski definition) is 7. The molecule has 0 aliphatic rings. The van der Waals surface area contributed by atoms with Gasteiger partial charge in [-0.2, -0.15) is 0 Å². The number of rotatable bonds is 17. The third kappa shape index (κ3) is 11.5. The van der Waals surface area contributed by atoms with Crippen LogP contribution in [0.1, 0.15) is 65.4 Å². The van der Waals surface area contributed by atoms with Crippen molar-refractivity contribution in [1.29, 1.82) is 0 Å². The molecule has 38 heavy (non-hydrogen) atoms. The molecule has 5 unspecified atom stereocenters. The fourth-order valence-corrected chi connectivity index (χ4v) is 3.93. The highest BCUT2D eigenvalue weighted by Crippen LogP contribution is 2.13. The predicted molar refractivity (Wildman–Crippen MR) is 145 cm³/mol. The molecule has 214 valence electrons. The molecule has 3 amide bonds. The second-order valence-corrected chi connectivity index (χ2v) is 10.2. The topological polar surface area (TPSA) is 197 Å². The van der Waals surface area contributed by atoms with Crippen LogP contribution in [0.15, 0.2) is 24.3 Å². The number of carbonyl (C=O) groups excluding carboxylic acids is 3. The van der Waals surface area contributed by atoms with E-state index in [0.29, 0.717) is 32.2 Å². The van der Waals surface area contributed by atoms with Gasteiger partial charge < -0.3 is 37.6 Å². The Labute approximate surface area is 225 Å². The van der Waals surface area contributed by atoms with E-state index in [1.807, 2.05) is 20.8 Å². The van der Waals surface area contributed by atoms with Crippen molar-refractivity contribution < 1.29 is 29.4 Å². The zero-order valence-electron chi connectivity index (χ0n) is 22.9. The lowest BCUT2D eigenvalue weighted by atomic mass is 9.96. The van der Waals surface area contributed by atoms with E-state index in [2.05, 4.69) is 16.0 Å². The molecule has 0 fully saturated rings. The second kappa shape index (κ2) is 16.6. The summed E-state index contributed by atoms with van der Waals surface area (Å²) in [5, 5.41) is 27.0. The van der Waals surface area contributed by atoms with E-state index in [-0.39, 0.29) is 30.4 Å². The summed E-state index contributed by atoms with van der Waals surface area (Å²) in [5.74, 6) is -2.94. The van der Waals surface area contributed by atoms with Gasteiger partial charge in [0.15, 0.2) is 0 Å². The van der Waals surface area contributed by atoms with Gasteiger partial charge in [0.2, 0.25) is 17.7 Å². The Morgan fingerprint density at radius 3 is 2.03 bits per heavy atom. The van der Waals surface area contributed by atoms with Crippen LogP contribution in [0.3, 0.4) is 0 Å². The van der Waals surface area contributed by atoms with E-state index in [9.17, 15) is 29.4 Å². The minimum Gasteiger partial charge on any atom is -0.508 e. The van der Waals surface area contributed by atoms with Crippen molar-refractivity contribution in [2.24, 2.45) is 23.3 Å². The van der Waals surface area contributed by atoms with Gasteiger partial charge in [0, 0.05) is 0 Å². The van der Waals surface area contributed by atoms with Crippen LogP contribution in [0.2, 0.25) is 0 Å². The van der Waals surface area contributed by atoms with E-state index in [4.69, 9.17) is 11.5 Å². The Hall–Kier alpha value is -3.18. The highest BCUT2D eigenvalue weighted by atomic mass is 16.4. The average molecular weight is 536 g/mol. The third-order valence-electron chi connectivity index (χ3n) is 6.42. The molecule has 0 radical (unpaired) electrons. The summed E-state index contributed by atoms with van der Waals surface area (Å²) in [7, 11) is 0. The lowest BCUT2D eigenvalue weighted by Crippen LogP contribution is -2.59. The first-order valence-electron chi connectivity index (χ1n) is 13.3. The van der Waals surface area contributed by atoms with Crippen LogP contribution in [0.25, 0.3) is 0 Å². The number of aromatic hydroxyl groups is 1. The normalized spacial score (nSPS) is 15.1. The van der Waals surface area contributed by atoms with Crippen LogP contribution in [-0.2, 0) is 25.6 Å². The number of phenolic OH excluding ortho intramolecular Hbond substituents is 1. The van der Waals surface area contributed by atoms with Crippen LogP contribution in [-0.4, -0.2) is 64.6 Å². The van der Waals surface area contributed by atoms with Crippen LogP contribution in [0.5, 0.6) is 5.75 Å². The Morgan fingerprint density at radius 2 is 1.50 bits per heavy atom. The summed E-state index contributed by atoms with van der Waals surface area (Å²) in [6, 6.07) is 2.38. The molecule has 11 nitrogen and oxygen atoms in total. The number of carboxylic acid groups (broad SMARTS) is 1. The summed E-state index contributed by atoms with van der Waals surface area (Å²) in [6.45, 7) is 7.88. The van der Waals surface area contributed by atoms with Crippen molar-refractivity contribution in [1.82, 2.24) is 16.0 Å². The van der Waals surface area contributed by atoms with Gasteiger partial charge in [-0.05, 0) is 68.2 Å². The van der Waals surface area contributed by atoms with Crippen molar-refractivity contribution >= 4 is 23.7 Å². The fourth-order valence-electron chi connectivity index (χ4n) is 3.93.